The Morgan fingerprint density at radius 2 is 1.89 bits per heavy atom. The second-order valence-corrected chi connectivity index (χ2v) is 9.51. The van der Waals surface area contributed by atoms with Crippen LogP contribution in [0.4, 0.5) is 5.13 Å². The molecule has 4 aromatic rings. The lowest BCUT2D eigenvalue weighted by atomic mass is 10.1. The van der Waals surface area contributed by atoms with Crippen molar-refractivity contribution in [2.75, 3.05) is 18.2 Å². The molecule has 10 heteroatoms. The third-order valence-corrected chi connectivity index (χ3v) is 6.81. The van der Waals surface area contributed by atoms with Crippen molar-refractivity contribution in [1.82, 2.24) is 19.7 Å². The average molecular weight is 508 g/mol. The third-order valence-electron chi connectivity index (χ3n) is 4.95. The van der Waals surface area contributed by atoms with Crippen molar-refractivity contribution in [1.29, 1.82) is 0 Å². The number of methoxy groups -OCH3 is 1. The van der Waals surface area contributed by atoms with E-state index in [9.17, 15) is 4.79 Å². The summed E-state index contributed by atoms with van der Waals surface area (Å²) in [6, 6.07) is 17.3. The molecule has 0 fully saturated rings. The summed E-state index contributed by atoms with van der Waals surface area (Å²) in [5.41, 5.74) is 1.90. The van der Waals surface area contributed by atoms with Gasteiger partial charge in [0.15, 0.2) is 27.6 Å². The Labute approximate surface area is 212 Å². The minimum absolute atomic E-state index is 0.164. The number of hydrogen-bond acceptors (Lipinski definition) is 8. The van der Waals surface area contributed by atoms with E-state index >= 15 is 0 Å². The molecule has 0 saturated carbocycles. The molecule has 180 valence electrons. The molecule has 0 atom stereocenters. The molecule has 2 aromatic heterocycles. The maximum Gasteiger partial charge on any atom is 0.236 e. The first-order valence-corrected chi connectivity index (χ1v) is 12.6. The number of rotatable bonds is 11. The van der Waals surface area contributed by atoms with Crippen LogP contribution in [0.5, 0.6) is 11.5 Å². The zero-order chi connectivity index (χ0) is 24.6. The Bertz CT molecular complexity index is 1300. The fraction of sp³-hybridized carbons (Fsp3) is 0.200. The molecule has 1 amide bonds. The van der Waals surface area contributed by atoms with Crippen molar-refractivity contribution in [2.24, 2.45) is 0 Å². The van der Waals surface area contributed by atoms with Crippen LogP contribution in [-0.2, 0) is 17.9 Å². The zero-order valence-corrected chi connectivity index (χ0v) is 21.1. The van der Waals surface area contributed by atoms with Crippen molar-refractivity contribution in [3.63, 3.8) is 0 Å². The third kappa shape index (κ3) is 6.09. The highest BCUT2D eigenvalue weighted by Gasteiger charge is 2.16. The van der Waals surface area contributed by atoms with E-state index in [1.165, 1.54) is 23.1 Å². The minimum atomic E-state index is -0.164. The van der Waals surface area contributed by atoms with Gasteiger partial charge in [0.05, 0.1) is 18.6 Å². The van der Waals surface area contributed by atoms with E-state index in [4.69, 9.17) is 9.47 Å². The first-order valence-electron chi connectivity index (χ1n) is 10.8. The van der Waals surface area contributed by atoms with Gasteiger partial charge in [-0.05, 0) is 19.1 Å². The summed E-state index contributed by atoms with van der Waals surface area (Å²) in [5.74, 6) is 1.89. The molecule has 0 bridgehead atoms. The van der Waals surface area contributed by atoms with Gasteiger partial charge in [0.2, 0.25) is 5.91 Å². The Balaban J connectivity index is 1.38. The van der Waals surface area contributed by atoms with Crippen molar-refractivity contribution in [2.45, 2.75) is 25.2 Å². The number of amides is 1. The highest BCUT2D eigenvalue weighted by Crippen LogP contribution is 2.30. The molecule has 2 aromatic carbocycles. The van der Waals surface area contributed by atoms with Gasteiger partial charge in [0.25, 0.3) is 0 Å². The zero-order valence-electron chi connectivity index (χ0n) is 19.4. The van der Waals surface area contributed by atoms with E-state index in [-0.39, 0.29) is 18.3 Å². The molecule has 0 aliphatic rings. The van der Waals surface area contributed by atoms with Gasteiger partial charge >= 0.3 is 0 Å². The largest absolute Gasteiger partial charge is 0.493 e. The van der Waals surface area contributed by atoms with Gasteiger partial charge in [-0.1, -0.05) is 60.3 Å². The van der Waals surface area contributed by atoms with Crippen LogP contribution < -0.4 is 14.8 Å². The molecule has 35 heavy (non-hydrogen) atoms. The number of allylic oxidation sites excluding steroid dienone is 1. The molecule has 0 radical (unpaired) electrons. The maximum absolute atomic E-state index is 12.6. The number of carbonyl (C=O) groups excluding carboxylic acids is 1. The molecule has 0 unspecified atom stereocenters. The number of carbonyl (C=O) groups is 1. The minimum Gasteiger partial charge on any atom is -0.493 e. The lowest BCUT2D eigenvalue weighted by Crippen LogP contribution is -2.15. The molecular formula is C25H25N5O3S2. The molecule has 2 heterocycles. The molecule has 8 nitrogen and oxygen atoms in total. The predicted octanol–water partition coefficient (Wildman–Crippen LogP) is 5.21. The van der Waals surface area contributed by atoms with Crippen LogP contribution in [0, 0.1) is 6.92 Å². The van der Waals surface area contributed by atoms with Gasteiger partial charge in [-0.15, -0.1) is 28.1 Å². The first-order chi connectivity index (χ1) is 17.1. The average Bonchev–Trinajstić information content (AvgIpc) is 3.44. The number of aryl methyl sites for hydroxylation is 1. The van der Waals surface area contributed by atoms with E-state index in [1.807, 2.05) is 66.1 Å². The normalized spacial score (nSPS) is 10.7. The van der Waals surface area contributed by atoms with E-state index in [0.717, 1.165) is 16.1 Å². The van der Waals surface area contributed by atoms with Crippen LogP contribution in [-0.4, -0.2) is 38.5 Å². The Kier molecular flexibility index (Phi) is 8.17. The van der Waals surface area contributed by atoms with Crippen molar-refractivity contribution in [3.05, 3.63) is 78.0 Å². The second kappa shape index (κ2) is 11.7. The van der Waals surface area contributed by atoms with Gasteiger partial charge in [0.1, 0.15) is 6.61 Å². The predicted molar refractivity (Wildman–Crippen MR) is 139 cm³/mol. The van der Waals surface area contributed by atoms with Crippen LogP contribution in [0.3, 0.4) is 0 Å². The summed E-state index contributed by atoms with van der Waals surface area (Å²) in [6.45, 7) is 6.51. The van der Waals surface area contributed by atoms with Crippen LogP contribution in [0.25, 0.3) is 11.3 Å². The van der Waals surface area contributed by atoms with Crippen molar-refractivity contribution >= 4 is 34.1 Å². The lowest BCUT2D eigenvalue weighted by molar-refractivity contribution is -0.113. The summed E-state index contributed by atoms with van der Waals surface area (Å²) in [4.78, 5) is 18.3. The van der Waals surface area contributed by atoms with Crippen LogP contribution in [0.1, 0.15) is 10.7 Å². The van der Waals surface area contributed by atoms with Gasteiger partial charge in [-0.25, -0.2) is 4.98 Å². The molecular weight excluding hydrogens is 482 g/mol. The first kappa shape index (κ1) is 24.5. The smallest absolute Gasteiger partial charge is 0.236 e. The van der Waals surface area contributed by atoms with Gasteiger partial charge in [-0.3, -0.25) is 9.36 Å². The summed E-state index contributed by atoms with van der Waals surface area (Å²) >= 11 is 2.75. The lowest BCUT2D eigenvalue weighted by Gasteiger charge is -2.11. The second-order valence-electron chi connectivity index (χ2n) is 7.36. The molecule has 4 rings (SSSR count). The van der Waals surface area contributed by atoms with E-state index in [0.29, 0.717) is 34.2 Å². The highest BCUT2D eigenvalue weighted by atomic mass is 32.2. The standard InChI is InChI=1S/C25H25N5O3S2/c1-4-14-30-21(15-33-20-13-9-8-12-19(20)32-3)28-29-25(30)34-16-22(31)26-24-27-23(17(2)35-24)18-10-6-5-7-11-18/h4-13H,1,14-16H2,2-3H3,(H,26,27,31). The van der Waals surface area contributed by atoms with E-state index < -0.39 is 0 Å². The number of benzene rings is 2. The number of nitrogens with one attached hydrogen (secondary N) is 1. The topological polar surface area (TPSA) is 91.2 Å². The highest BCUT2D eigenvalue weighted by molar-refractivity contribution is 7.99. The monoisotopic (exact) mass is 507 g/mol. The van der Waals surface area contributed by atoms with Crippen molar-refractivity contribution < 1.29 is 14.3 Å². The Hall–Kier alpha value is -3.63. The fourth-order valence-electron chi connectivity index (χ4n) is 3.32. The Morgan fingerprint density at radius 3 is 2.63 bits per heavy atom. The number of nitrogens with zero attached hydrogens (tertiary/aromatic N) is 4. The quantitative estimate of drug-likeness (QED) is 0.220. The van der Waals surface area contributed by atoms with Crippen LogP contribution in [0.2, 0.25) is 0 Å². The summed E-state index contributed by atoms with van der Waals surface area (Å²) in [7, 11) is 1.59. The number of aromatic nitrogens is 4. The van der Waals surface area contributed by atoms with Gasteiger partial charge < -0.3 is 14.8 Å². The van der Waals surface area contributed by atoms with Crippen LogP contribution in [0.15, 0.2) is 72.4 Å². The molecule has 1 N–H and O–H groups in total. The van der Waals surface area contributed by atoms with Gasteiger partial charge in [-0.2, -0.15) is 0 Å². The molecule has 0 aliphatic carbocycles. The summed E-state index contributed by atoms with van der Waals surface area (Å²) in [5, 5.41) is 12.6. The van der Waals surface area contributed by atoms with E-state index in [2.05, 4.69) is 27.1 Å². The number of anilines is 1. The SMILES string of the molecule is C=CCn1c(COc2ccccc2OC)nnc1SCC(=O)Nc1nc(-c2ccccc2)c(C)s1. The molecule has 0 saturated heterocycles. The summed E-state index contributed by atoms with van der Waals surface area (Å²) in [6.07, 6.45) is 1.75. The fourth-order valence-corrected chi connectivity index (χ4v) is 4.94. The van der Waals surface area contributed by atoms with Crippen LogP contribution >= 0.6 is 23.1 Å². The summed E-state index contributed by atoms with van der Waals surface area (Å²) < 4.78 is 13.1. The number of ether oxygens (including phenoxy) is 2. The number of thiazole rings is 1. The number of para-hydroxylation sites is 2. The molecule has 0 aliphatic heterocycles. The number of thioether (sulfide) groups is 1. The van der Waals surface area contributed by atoms with E-state index in [1.54, 1.807) is 13.2 Å². The number of hydrogen-bond donors (Lipinski definition) is 1. The van der Waals surface area contributed by atoms with Gasteiger partial charge in [0, 0.05) is 17.0 Å². The van der Waals surface area contributed by atoms with Crippen molar-refractivity contribution in [3.8, 4) is 22.8 Å². The molecule has 0 spiro atoms. The maximum atomic E-state index is 12.6. The Morgan fingerprint density at radius 1 is 1.14 bits per heavy atom.